The van der Waals surface area contributed by atoms with E-state index in [-0.39, 0.29) is 5.91 Å². The number of methoxy groups -OCH3 is 1. The Balaban J connectivity index is 2.31. The van der Waals surface area contributed by atoms with Gasteiger partial charge in [0, 0.05) is 5.69 Å². The summed E-state index contributed by atoms with van der Waals surface area (Å²) < 4.78 is 31.0. The summed E-state index contributed by atoms with van der Waals surface area (Å²) in [5.74, 6) is 0.288. The van der Waals surface area contributed by atoms with Crippen molar-refractivity contribution in [2.45, 2.75) is 26.3 Å². The molecule has 1 atom stereocenters. The van der Waals surface area contributed by atoms with Crippen LogP contribution in [0.3, 0.4) is 0 Å². The van der Waals surface area contributed by atoms with Crippen molar-refractivity contribution in [3.63, 3.8) is 0 Å². The minimum absolute atomic E-state index is 0.336. The van der Waals surface area contributed by atoms with Gasteiger partial charge in [0.2, 0.25) is 15.9 Å². The predicted molar refractivity (Wildman–Crippen MR) is 104 cm³/mol. The number of rotatable bonds is 7. The Morgan fingerprint density at radius 1 is 1.12 bits per heavy atom. The molecule has 1 amide bonds. The fourth-order valence-electron chi connectivity index (χ4n) is 2.65. The molecule has 26 heavy (non-hydrogen) atoms. The molecule has 2 aromatic rings. The van der Waals surface area contributed by atoms with E-state index in [1.165, 1.54) is 4.31 Å². The largest absolute Gasteiger partial charge is 0.497 e. The second kappa shape index (κ2) is 8.23. The molecule has 0 saturated heterocycles. The molecule has 2 aromatic carbocycles. The Labute approximate surface area is 154 Å². The fourth-order valence-corrected chi connectivity index (χ4v) is 3.86. The molecule has 2 rings (SSSR count). The quantitative estimate of drug-likeness (QED) is 0.805. The molecular formula is C19H24N2O4S. The smallest absolute Gasteiger partial charge is 0.248 e. The third-order valence-corrected chi connectivity index (χ3v) is 5.16. The van der Waals surface area contributed by atoms with Crippen molar-refractivity contribution in [3.05, 3.63) is 54.1 Å². The van der Waals surface area contributed by atoms with Crippen molar-refractivity contribution in [3.8, 4) is 5.75 Å². The van der Waals surface area contributed by atoms with Gasteiger partial charge in [0.1, 0.15) is 11.8 Å². The lowest BCUT2D eigenvalue weighted by Gasteiger charge is -2.30. The van der Waals surface area contributed by atoms with Crippen LogP contribution in [0.5, 0.6) is 5.75 Å². The molecule has 7 heteroatoms. The molecule has 0 spiro atoms. The van der Waals surface area contributed by atoms with Gasteiger partial charge in [-0.15, -0.1) is 0 Å². The summed E-state index contributed by atoms with van der Waals surface area (Å²) in [5.41, 5.74) is 2.05. The summed E-state index contributed by atoms with van der Waals surface area (Å²) >= 11 is 0. The molecular weight excluding hydrogens is 352 g/mol. The average molecular weight is 376 g/mol. The van der Waals surface area contributed by atoms with Crippen LogP contribution in [-0.2, 0) is 14.8 Å². The summed E-state index contributed by atoms with van der Waals surface area (Å²) in [6.07, 6.45) is 1.44. The maximum atomic E-state index is 12.8. The van der Waals surface area contributed by atoms with E-state index in [0.717, 1.165) is 11.8 Å². The number of benzene rings is 2. The van der Waals surface area contributed by atoms with Gasteiger partial charge >= 0.3 is 0 Å². The highest BCUT2D eigenvalue weighted by atomic mass is 32.2. The van der Waals surface area contributed by atoms with Crippen molar-refractivity contribution < 1.29 is 17.9 Å². The number of nitrogens with one attached hydrogen (secondary N) is 1. The molecule has 1 N–H and O–H groups in total. The Morgan fingerprint density at radius 3 is 2.15 bits per heavy atom. The third kappa shape index (κ3) is 4.76. The zero-order chi connectivity index (χ0) is 19.3. The van der Waals surface area contributed by atoms with Crippen LogP contribution in [0.4, 0.5) is 11.4 Å². The lowest BCUT2D eigenvalue weighted by Crippen LogP contribution is -2.47. The maximum absolute atomic E-state index is 12.8. The summed E-state index contributed by atoms with van der Waals surface area (Å²) in [7, 11) is -2.08. The molecule has 140 valence electrons. The molecule has 1 unspecified atom stereocenters. The van der Waals surface area contributed by atoms with Crippen LogP contribution in [0.15, 0.2) is 48.5 Å². The van der Waals surface area contributed by atoms with Crippen molar-refractivity contribution in [1.82, 2.24) is 0 Å². The Hall–Kier alpha value is -2.54. The van der Waals surface area contributed by atoms with Crippen molar-refractivity contribution >= 4 is 27.3 Å². The number of hydrogen-bond donors (Lipinski definition) is 1. The standard InChI is InChI=1S/C19H24N2O4S/c1-5-18(19(22)20-15-8-12-17(25-3)13-9-15)21(26(4,23)24)16-10-6-14(2)7-11-16/h6-13,18H,5H2,1-4H3,(H,20,22). The van der Waals surface area contributed by atoms with Crippen molar-refractivity contribution in [2.24, 2.45) is 0 Å². The second-order valence-corrected chi connectivity index (χ2v) is 7.90. The lowest BCUT2D eigenvalue weighted by molar-refractivity contribution is -0.117. The Morgan fingerprint density at radius 2 is 1.69 bits per heavy atom. The van der Waals surface area contributed by atoms with Crippen LogP contribution in [0.25, 0.3) is 0 Å². The van der Waals surface area contributed by atoms with E-state index in [1.54, 1.807) is 50.4 Å². The van der Waals surface area contributed by atoms with E-state index in [4.69, 9.17) is 4.74 Å². The third-order valence-electron chi connectivity index (χ3n) is 3.98. The number of carbonyl (C=O) groups excluding carboxylic acids is 1. The SMILES string of the molecule is CCC(C(=O)Nc1ccc(OC)cc1)N(c1ccc(C)cc1)S(C)(=O)=O. The van der Waals surface area contributed by atoms with Crippen LogP contribution in [0.2, 0.25) is 0 Å². The molecule has 0 heterocycles. The zero-order valence-electron chi connectivity index (χ0n) is 15.4. The molecule has 0 aliphatic carbocycles. The molecule has 0 bridgehead atoms. The topological polar surface area (TPSA) is 75.7 Å². The van der Waals surface area contributed by atoms with Gasteiger partial charge in [-0.3, -0.25) is 9.10 Å². The number of sulfonamides is 1. The Bertz CT molecular complexity index is 846. The number of nitrogens with zero attached hydrogens (tertiary/aromatic N) is 1. The lowest BCUT2D eigenvalue weighted by atomic mass is 10.1. The van der Waals surface area contributed by atoms with E-state index >= 15 is 0 Å². The van der Waals surface area contributed by atoms with Crippen LogP contribution < -0.4 is 14.4 Å². The highest BCUT2D eigenvalue weighted by molar-refractivity contribution is 7.92. The highest BCUT2D eigenvalue weighted by Crippen LogP contribution is 2.24. The summed E-state index contributed by atoms with van der Waals surface area (Å²) in [5, 5.41) is 2.78. The van der Waals surface area contributed by atoms with E-state index in [0.29, 0.717) is 23.5 Å². The van der Waals surface area contributed by atoms with Gasteiger partial charge in [-0.1, -0.05) is 24.6 Å². The molecule has 0 fully saturated rings. The van der Waals surface area contributed by atoms with E-state index in [9.17, 15) is 13.2 Å². The van der Waals surface area contributed by atoms with Crippen molar-refractivity contribution in [1.29, 1.82) is 0 Å². The van der Waals surface area contributed by atoms with Crippen LogP contribution in [0, 0.1) is 6.92 Å². The number of anilines is 2. The first-order valence-corrected chi connectivity index (χ1v) is 10.1. The van der Waals surface area contributed by atoms with Crippen LogP contribution >= 0.6 is 0 Å². The fraction of sp³-hybridized carbons (Fsp3) is 0.316. The zero-order valence-corrected chi connectivity index (χ0v) is 16.2. The molecule has 0 aliphatic heterocycles. The molecule has 0 radical (unpaired) electrons. The highest BCUT2D eigenvalue weighted by Gasteiger charge is 2.31. The van der Waals surface area contributed by atoms with Crippen molar-refractivity contribution in [2.75, 3.05) is 23.0 Å². The first-order valence-electron chi connectivity index (χ1n) is 8.27. The monoisotopic (exact) mass is 376 g/mol. The van der Waals surface area contributed by atoms with Crippen LogP contribution in [0.1, 0.15) is 18.9 Å². The molecule has 0 aromatic heterocycles. The van der Waals surface area contributed by atoms with E-state index in [1.807, 2.05) is 19.1 Å². The van der Waals surface area contributed by atoms with Crippen LogP contribution in [-0.4, -0.2) is 33.7 Å². The minimum Gasteiger partial charge on any atom is -0.497 e. The first kappa shape index (κ1) is 19.8. The van der Waals surface area contributed by atoms with E-state index in [2.05, 4.69) is 5.32 Å². The maximum Gasteiger partial charge on any atom is 0.248 e. The average Bonchev–Trinajstić information content (AvgIpc) is 2.60. The van der Waals surface area contributed by atoms with Gasteiger partial charge in [-0.05, 0) is 49.7 Å². The summed E-state index contributed by atoms with van der Waals surface area (Å²) in [4.78, 5) is 12.8. The number of ether oxygens (including phenoxy) is 1. The molecule has 6 nitrogen and oxygen atoms in total. The minimum atomic E-state index is -3.64. The second-order valence-electron chi connectivity index (χ2n) is 6.04. The summed E-state index contributed by atoms with van der Waals surface area (Å²) in [6.45, 7) is 3.70. The molecule has 0 saturated carbocycles. The number of hydrogen-bond acceptors (Lipinski definition) is 4. The first-order chi connectivity index (χ1) is 12.3. The number of aryl methyl sites for hydroxylation is 1. The molecule has 0 aliphatic rings. The van der Waals surface area contributed by atoms with Gasteiger partial charge in [0.05, 0.1) is 19.1 Å². The van der Waals surface area contributed by atoms with E-state index < -0.39 is 16.1 Å². The van der Waals surface area contributed by atoms with Gasteiger partial charge in [0.15, 0.2) is 0 Å². The van der Waals surface area contributed by atoms with Gasteiger partial charge in [-0.25, -0.2) is 8.42 Å². The Kier molecular flexibility index (Phi) is 6.26. The summed E-state index contributed by atoms with van der Waals surface area (Å²) in [6, 6.07) is 13.1. The normalized spacial score (nSPS) is 12.3. The predicted octanol–water partition coefficient (Wildman–Crippen LogP) is 3.19. The van der Waals surface area contributed by atoms with Gasteiger partial charge in [-0.2, -0.15) is 0 Å². The van der Waals surface area contributed by atoms with Gasteiger partial charge in [0.25, 0.3) is 0 Å². The number of carbonyl (C=O) groups is 1. The number of amides is 1. The van der Waals surface area contributed by atoms with Gasteiger partial charge < -0.3 is 10.1 Å².